The van der Waals surface area contributed by atoms with E-state index < -0.39 is 0 Å². The third-order valence-electron chi connectivity index (χ3n) is 5.43. The highest BCUT2D eigenvalue weighted by atomic mass is 16.5. The number of ether oxygens (including phenoxy) is 1. The van der Waals surface area contributed by atoms with Crippen LogP contribution in [0.1, 0.15) is 10.4 Å². The van der Waals surface area contributed by atoms with Crippen LogP contribution in [0.2, 0.25) is 0 Å². The first kappa shape index (κ1) is 20.0. The number of nitrogens with zero attached hydrogens (tertiary/aromatic N) is 4. The Bertz CT molecular complexity index is 1180. The van der Waals surface area contributed by atoms with E-state index >= 15 is 0 Å². The molecule has 2 aromatic heterocycles. The minimum absolute atomic E-state index is 0.157. The molecule has 1 N–H and O–H groups in total. The summed E-state index contributed by atoms with van der Waals surface area (Å²) in [5.74, 6) is 0.694. The Morgan fingerprint density at radius 1 is 0.875 bits per heavy atom. The van der Waals surface area contributed by atoms with Gasteiger partial charge in [0.25, 0.3) is 5.91 Å². The second kappa shape index (κ2) is 9.03. The molecule has 32 heavy (non-hydrogen) atoms. The Balaban J connectivity index is 1.28. The van der Waals surface area contributed by atoms with E-state index in [2.05, 4.69) is 20.4 Å². The smallest absolute Gasteiger partial charge is 0.255 e. The fourth-order valence-corrected chi connectivity index (χ4v) is 3.69. The van der Waals surface area contributed by atoms with E-state index in [-0.39, 0.29) is 5.91 Å². The van der Waals surface area contributed by atoms with Crippen LogP contribution in [0, 0.1) is 0 Å². The van der Waals surface area contributed by atoms with Gasteiger partial charge in [-0.1, -0.05) is 12.1 Å². The molecule has 7 nitrogen and oxygen atoms in total. The molecule has 3 heterocycles. The lowest BCUT2D eigenvalue weighted by atomic mass is 10.1. The van der Waals surface area contributed by atoms with Gasteiger partial charge >= 0.3 is 0 Å². The van der Waals surface area contributed by atoms with Gasteiger partial charge < -0.3 is 19.5 Å². The van der Waals surface area contributed by atoms with Crippen molar-refractivity contribution in [1.29, 1.82) is 0 Å². The van der Waals surface area contributed by atoms with Crippen LogP contribution in [0.5, 0.6) is 0 Å². The molecule has 4 aromatic rings. The molecule has 0 radical (unpaired) electrons. The van der Waals surface area contributed by atoms with Crippen LogP contribution in [-0.4, -0.2) is 47.0 Å². The molecule has 1 fully saturated rings. The van der Waals surface area contributed by atoms with Crippen molar-refractivity contribution < 1.29 is 9.53 Å². The largest absolute Gasteiger partial charge is 0.378 e. The topological polar surface area (TPSA) is 72.3 Å². The first-order valence-corrected chi connectivity index (χ1v) is 10.6. The van der Waals surface area contributed by atoms with Crippen molar-refractivity contribution in [3.05, 3.63) is 90.8 Å². The number of benzene rings is 2. The van der Waals surface area contributed by atoms with Gasteiger partial charge in [-0.25, -0.2) is 0 Å². The van der Waals surface area contributed by atoms with Crippen molar-refractivity contribution in [2.75, 3.05) is 36.5 Å². The lowest BCUT2D eigenvalue weighted by Gasteiger charge is -2.27. The fourth-order valence-electron chi connectivity index (χ4n) is 3.69. The highest BCUT2D eigenvalue weighted by Gasteiger charge is 2.13. The molecule has 0 aliphatic carbocycles. The zero-order valence-corrected chi connectivity index (χ0v) is 17.5. The second-order valence-corrected chi connectivity index (χ2v) is 7.55. The van der Waals surface area contributed by atoms with Crippen LogP contribution in [0.25, 0.3) is 16.9 Å². The van der Waals surface area contributed by atoms with Gasteiger partial charge in [0.2, 0.25) is 0 Å². The van der Waals surface area contributed by atoms with Crippen LogP contribution >= 0.6 is 0 Å². The molecule has 0 saturated carbocycles. The van der Waals surface area contributed by atoms with Crippen molar-refractivity contribution >= 4 is 17.4 Å². The van der Waals surface area contributed by atoms with Crippen LogP contribution in [0.4, 0.5) is 11.5 Å². The van der Waals surface area contributed by atoms with Crippen LogP contribution in [0.15, 0.2) is 85.2 Å². The highest BCUT2D eigenvalue weighted by Crippen LogP contribution is 2.23. The average Bonchev–Trinajstić information content (AvgIpc) is 3.40. The Labute approximate surface area is 186 Å². The Hall–Kier alpha value is -3.97. The van der Waals surface area contributed by atoms with Crippen molar-refractivity contribution in [3.8, 4) is 16.9 Å². The molecule has 0 atom stereocenters. The molecule has 5 rings (SSSR count). The summed E-state index contributed by atoms with van der Waals surface area (Å²) in [6, 6.07) is 23.0. The standard InChI is InChI=1S/C25H23N5O2/c31-25(19-6-8-22(9-7-19)29-12-1-2-13-29)26-21-5-3-4-20(18-21)23-10-11-24(28-27-23)30-14-16-32-17-15-30/h1-13,18H,14-17H2,(H,26,31). The van der Waals surface area contributed by atoms with Gasteiger partial charge in [-0.05, 0) is 60.7 Å². The van der Waals surface area contributed by atoms with Gasteiger partial charge in [0.15, 0.2) is 5.82 Å². The molecule has 0 spiro atoms. The number of anilines is 2. The highest BCUT2D eigenvalue weighted by molar-refractivity contribution is 6.04. The molecule has 1 aliphatic heterocycles. The Kier molecular flexibility index (Phi) is 5.63. The minimum atomic E-state index is -0.157. The number of carbonyl (C=O) groups is 1. The zero-order chi connectivity index (χ0) is 21.8. The number of hydrogen-bond donors (Lipinski definition) is 1. The molecular formula is C25H23N5O2. The lowest BCUT2D eigenvalue weighted by Crippen LogP contribution is -2.36. The molecule has 0 bridgehead atoms. The fraction of sp³-hybridized carbons (Fsp3) is 0.160. The van der Waals surface area contributed by atoms with Gasteiger partial charge in [-0.2, -0.15) is 0 Å². The molecule has 1 aliphatic rings. The molecule has 1 amide bonds. The van der Waals surface area contributed by atoms with Crippen LogP contribution < -0.4 is 10.2 Å². The summed E-state index contributed by atoms with van der Waals surface area (Å²) < 4.78 is 7.38. The number of nitrogens with one attached hydrogen (secondary N) is 1. The third kappa shape index (κ3) is 4.38. The summed E-state index contributed by atoms with van der Waals surface area (Å²) in [5.41, 5.74) is 3.97. The normalized spacial score (nSPS) is 13.7. The zero-order valence-electron chi connectivity index (χ0n) is 17.5. The van der Waals surface area contributed by atoms with Crippen LogP contribution in [-0.2, 0) is 4.74 Å². The molecule has 0 unspecified atom stereocenters. The van der Waals surface area contributed by atoms with Crippen molar-refractivity contribution in [2.45, 2.75) is 0 Å². The number of amides is 1. The number of morpholine rings is 1. The molecule has 2 aromatic carbocycles. The summed E-state index contributed by atoms with van der Waals surface area (Å²) in [7, 11) is 0. The number of carbonyl (C=O) groups excluding carboxylic acids is 1. The quantitative estimate of drug-likeness (QED) is 0.523. The van der Waals surface area contributed by atoms with E-state index in [4.69, 9.17) is 4.74 Å². The Morgan fingerprint density at radius 3 is 2.38 bits per heavy atom. The van der Waals surface area contributed by atoms with E-state index in [0.717, 1.165) is 35.9 Å². The number of rotatable bonds is 5. The van der Waals surface area contributed by atoms with E-state index in [9.17, 15) is 4.79 Å². The number of hydrogen-bond acceptors (Lipinski definition) is 5. The predicted molar refractivity (Wildman–Crippen MR) is 124 cm³/mol. The maximum absolute atomic E-state index is 12.7. The second-order valence-electron chi connectivity index (χ2n) is 7.55. The minimum Gasteiger partial charge on any atom is -0.378 e. The summed E-state index contributed by atoms with van der Waals surface area (Å²) in [4.78, 5) is 14.9. The third-order valence-corrected chi connectivity index (χ3v) is 5.43. The summed E-state index contributed by atoms with van der Waals surface area (Å²) >= 11 is 0. The summed E-state index contributed by atoms with van der Waals surface area (Å²) in [5, 5.41) is 11.7. The molecule has 1 saturated heterocycles. The van der Waals surface area contributed by atoms with Gasteiger partial charge in [-0.3, -0.25) is 4.79 Å². The van der Waals surface area contributed by atoms with Crippen molar-refractivity contribution in [2.24, 2.45) is 0 Å². The molecule has 160 valence electrons. The Morgan fingerprint density at radius 2 is 1.66 bits per heavy atom. The maximum Gasteiger partial charge on any atom is 0.255 e. The average molecular weight is 425 g/mol. The maximum atomic E-state index is 12.7. The number of aromatic nitrogens is 3. The lowest BCUT2D eigenvalue weighted by molar-refractivity contribution is 0.102. The van der Waals surface area contributed by atoms with Gasteiger partial charge in [0.1, 0.15) is 0 Å². The van der Waals surface area contributed by atoms with Gasteiger partial charge in [0, 0.05) is 48.0 Å². The van der Waals surface area contributed by atoms with Crippen molar-refractivity contribution in [3.63, 3.8) is 0 Å². The van der Waals surface area contributed by atoms with E-state index in [1.165, 1.54) is 0 Å². The van der Waals surface area contributed by atoms with Crippen molar-refractivity contribution in [1.82, 2.24) is 14.8 Å². The molecule has 7 heteroatoms. The monoisotopic (exact) mass is 425 g/mol. The van der Waals surface area contributed by atoms with E-state index in [1.807, 2.05) is 89.8 Å². The summed E-state index contributed by atoms with van der Waals surface area (Å²) in [6.07, 6.45) is 3.94. The SMILES string of the molecule is O=C(Nc1cccc(-c2ccc(N3CCOCC3)nn2)c1)c1ccc(-n2cccc2)cc1. The summed E-state index contributed by atoms with van der Waals surface area (Å²) in [6.45, 7) is 3.06. The van der Waals surface area contributed by atoms with E-state index in [0.29, 0.717) is 24.5 Å². The van der Waals surface area contributed by atoms with E-state index in [1.54, 1.807) is 0 Å². The first-order valence-electron chi connectivity index (χ1n) is 10.6. The molecular weight excluding hydrogens is 402 g/mol. The van der Waals surface area contributed by atoms with Gasteiger partial charge in [-0.15, -0.1) is 10.2 Å². The first-order chi connectivity index (χ1) is 15.8. The van der Waals surface area contributed by atoms with Gasteiger partial charge in [0.05, 0.1) is 18.9 Å². The van der Waals surface area contributed by atoms with Crippen LogP contribution in [0.3, 0.4) is 0 Å². The predicted octanol–water partition coefficient (Wildman–Crippen LogP) is 4.02.